The fourth-order valence-corrected chi connectivity index (χ4v) is 5.73. The Labute approximate surface area is 255 Å². The molecular weight excluding hydrogens is 547 g/mol. The monoisotopic (exact) mass is 592 g/mol. The van der Waals surface area contributed by atoms with Gasteiger partial charge in [-0.05, 0) is 110 Å². The summed E-state index contributed by atoms with van der Waals surface area (Å²) in [6, 6.07) is 7.85. The second-order valence-electron chi connectivity index (χ2n) is 14.0. The number of imide groups is 1. The summed E-state index contributed by atoms with van der Waals surface area (Å²) in [6.45, 7) is 15.5. The number of nitrogens with zero attached hydrogens (tertiary/aromatic N) is 3. The Morgan fingerprint density at radius 1 is 1.09 bits per heavy atom. The molecule has 43 heavy (non-hydrogen) atoms. The summed E-state index contributed by atoms with van der Waals surface area (Å²) in [6.07, 6.45) is 1.25. The molecule has 0 unspecified atom stereocenters. The summed E-state index contributed by atoms with van der Waals surface area (Å²) in [5.41, 5.74) is 2.70. The summed E-state index contributed by atoms with van der Waals surface area (Å²) in [7, 11) is 3.37. The van der Waals surface area contributed by atoms with Crippen molar-refractivity contribution in [2.24, 2.45) is 0 Å². The minimum absolute atomic E-state index is 0.0556. The first kappa shape index (κ1) is 31.4. The van der Waals surface area contributed by atoms with Gasteiger partial charge in [-0.3, -0.25) is 4.79 Å². The lowest BCUT2D eigenvalue weighted by Gasteiger charge is -2.32. The highest BCUT2D eigenvalue weighted by Crippen LogP contribution is 2.39. The van der Waals surface area contributed by atoms with Gasteiger partial charge < -0.3 is 29.0 Å². The molecule has 0 radical (unpaired) electrons. The zero-order valence-electron chi connectivity index (χ0n) is 27.0. The van der Waals surface area contributed by atoms with Crippen LogP contribution in [-0.4, -0.2) is 78.0 Å². The second-order valence-corrected chi connectivity index (χ2v) is 14.0. The van der Waals surface area contributed by atoms with Gasteiger partial charge in [-0.2, -0.15) is 0 Å². The molecular formula is C32H45BN4O6. The Morgan fingerprint density at radius 3 is 2.35 bits per heavy atom. The fraction of sp³-hybridized carbons (Fsp3) is 0.594. The maximum absolute atomic E-state index is 13.9. The molecule has 2 fully saturated rings. The van der Waals surface area contributed by atoms with Gasteiger partial charge in [-0.25, -0.2) is 14.7 Å². The second kappa shape index (κ2) is 11.5. The van der Waals surface area contributed by atoms with Crippen LogP contribution in [-0.2, 0) is 31.9 Å². The van der Waals surface area contributed by atoms with Crippen molar-refractivity contribution < 1.29 is 28.4 Å². The molecule has 0 saturated carbocycles. The Morgan fingerprint density at radius 2 is 1.74 bits per heavy atom. The average molecular weight is 593 g/mol. The summed E-state index contributed by atoms with van der Waals surface area (Å²) < 4.78 is 23.9. The summed E-state index contributed by atoms with van der Waals surface area (Å²) in [5, 5.41) is 3.40. The van der Waals surface area contributed by atoms with Crippen LogP contribution in [0, 0.1) is 0 Å². The standard InChI is InChI=1S/C32H45BN4O6/c1-30(2,3)41-29(39)37-18-22-23(33-42-31(4,5)32(6,7)43-33)11-12-24(27(22)28(37)38)34-26-13-10-21(20-14-16-40-17-15-20)25(35-26)19-36(8)9/h10-13,20H,14-19H2,1-9H3,(H,34,35). The van der Waals surface area contributed by atoms with Crippen molar-refractivity contribution in [2.75, 3.05) is 32.6 Å². The molecule has 11 heteroatoms. The van der Waals surface area contributed by atoms with E-state index in [4.69, 9.17) is 23.8 Å². The van der Waals surface area contributed by atoms with Crippen LogP contribution < -0.4 is 10.8 Å². The lowest BCUT2D eigenvalue weighted by atomic mass is 9.74. The van der Waals surface area contributed by atoms with Gasteiger partial charge in [0.15, 0.2) is 0 Å². The maximum atomic E-state index is 13.9. The molecule has 1 N–H and O–H groups in total. The number of aromatic nitrogens is 1. The quantitative estimate of drug-likeness (QED) is 0.466. The number of hydrogen-bond acceptors (Lipinski definition) is 9. The highest BCUT2D eigenvalue weighted by Gasteiger charge is 2.53. The van der Waals surface area contributed by atoms with Gasteiger partial charge in [0, 0.05) is 19.8 Å². The molecule has 10 nitrogen and oxygen atoms in total. The number of amides is 2. The number of ether oxygens (including phenoxy) is 2. The fourth-order valence-electron chi connectivity index (χ4n) is 5.73. The Hall–Kier alpha value is -2.99. The number of carbonyl (C=O) groups excluding carboxylic acids is 2. The molecule has 3 aliphatic heterocycles. The Bertz CT molecular complexity index is 1380. The Kier molecular flexibility index (Phi) is 8.41. The Balaban J connectivity index is 1.52. The minimum atomic E-state index is -0.749. The SMILES string of the molecule is CN(C)Cc1nc(Nc2ccc(B3OC(C)(C)C(C)(C)O3)c3c2C(=O)N(C(=O)OC(C)(C)C)C3)ccc1C1CCOCC1. The number of rotatable bonds is 6. The van der Waals surface area contributed by atoms with E-state index in [0.29, 0.717) is 35.1 Å². The van der Waals surface area contributed by atoms with Crippen molar-refractivity contribution >= 4 is 36.1 Å². The molecule has 1 aromatic carbocycles. The number of hydrogen-bond donors (Lipinski definition) is 1. The van der Waals surface area contributed by atoms with Crippen molar-refractivity contribution in [3.63, 3.8) is 0 Å². The number of nitrogens with one attached hydrogen (secondary N) is 1. The molecule has 0 atom stereocenters. The smallest absolute Gasteiger partial charge is 0.443 e. The van der Waals surface area contributed by atoms with E-state index in [1.165, 1.54) is 5.56 Å². The molecule has 0 bridgehead atoms. The van der Waals surface area contributed by atoms with E-state index in [1.807, 2.05) is 60.0 Å². The van der Waals surface area contributed by atoms with Gasteiger partial charge in [0.1, 0.15) is 11.4 Å². The summed E-state index contributed by atoms with van der Waals surface area (Å²) in [4.78, 5) is 35.3. The van der Waals surface area contributed by atoms with E-state index >= 15 is 0 Å². The third kappa shape index (κ3) is 6.45. The van der Waals surface area contributed by atoms with Crippen molar-refractivity contribution in [1.82, 2.24) is 14.8 Å². The van der Waals surface area contributed by atoms with Crippen LogP contribution in [0.1, 0.15) is 94.4 Å². The van der Waals surface area contributed by atoms with Crippen LogP contribution in [0.15, 0.2) is 24.3 Å². The first-order chi connectivity index (χ1) is 20.1. The lowest BCUT2D eigenvalue weighted by molar-refractivity contribution is 0.00578. The molecule has 2 saturated heterocycles. The number of pyridine rings is 1. The van der Waals surface area contributed by atoms with Gasteiger partial charge in [0.05, 0.1) is 34.7 Å². The zero-order valence-corrected chi connectivity index (χ0v) is 27.0. The molecule has 5 rings (SSSR count). The van der Waals surface area contributed by atoms with Gasteiger partial charge in [-0.1, -0.05) is 12.1 Å². The molecule has 3 aliphatic rings. The maximum Gasteiger partial charge on any atom is 0.495 e. The average Bonchev–Trinajstić information content (AvgIpc) is 3.35. The molecule has 2 aromatic rings. The summed E-state index contributed by atoms with van der Waals surface area (Å²) >= 11 is 0. The number of anilines is 2. The first-order valence-electron chi connectivity index (χ1n) is 15.1. The molecule has 0 spiro atoms. The highest BCUT2D eigenvalue weighted by molar-refractivity contribution is 6.63. The van der Waals surface area contributed by atoms with Crippen LogP contribution in [0.3, 0.4) is 0 Å². The third-order valence-electron chi connectivity index (χ3n) is 8.64. The number of benzene rings is 1. The van der Waals surface area contributed by atoms with Gasteiger partial charge in [0.2, 0.25) is 0 Å². The predicted molar refractivity (Wildman–Crippen MR) is 166 cm³/mol. The van der Waals surface area contributed by atoms with Crippen molar-refractivity contribution in [3.05, 3.63) is 46.6 Å². The number of fused-ring (bicyclic) bond motifs is 1. The molecule has 232 valence electrons. The van der Waals surface area contributed by atoms with Gasteiger partial charge in [-0.15, -0.1) is 0 Å². The molecule has 4 heterocycles. The third-order valence-corrected chi connectivity index (χ3v) is 8.64. The lowest BCUT2D eigenvalue weighted by Crippen LogP contribution is -2.41. The van der Waals surface area contributed by atoms with Gasteiger partial charge >= 0.3 is 13.2 Å². The molecule has 0 aliphatic carbocycles. The summed E-state index contributed by atoms with van der Waals surface area (Å²) in [5.74, 6) is 0.594. The number of carbonyl (C=O) groups is 2. The van der Waals surface area contributed by atoms with Crippen LogP contribution in [0.25, 0.3) is 0 Å². The van der Waals surface area contributed by atoms with E-state index in [2.05, 4.69) is 16.3 Å². The van der Waals surface area contributed by atoms with E-state index in [1.54, 1.807) is 20.8 Å². The largest absolute Gasteiger partial charge is 0.495 e. The molecule has 1 aromatic heterocycles. The van der Waals surface area contributed by atoms with Crippen LogP contribution >= 0.6 is 0 Å². The van der Waals surface area contributed by atoms with Crippen molar-refractivity contribution in [2.45, 2.75) is 97.1 Å². The zero-order chi connectivity index (χ0) is 31.3. The van der Waals surface area contributed by atoms with E-state index in [0.717, 1.165) is 42.1 Å². The normalized spacial score (nSPS) is 20.1. The van der Waals surface area contributed by atoms with Crippen molar-refractivity contribution in [3.8, 4) is 0 Å². The van der Waals surface area contributed by atoms with Crippen LogP contribution in [0.5, 0.6) is 0 Å². The topological polar surface area (TPSA) is 102 Å². The van der Waals surface area contributed by atoms with E-state index in [-0.39, 0.29) is 6.54 Å². The van der Waals surface area contributed by atoms with Gasteiger partial charge in [0.25, 0.3) is 5.91 Å². The minimum Gasteiger partial charge on any atom is -0.443 e. The predicted octanol–water partition coefficient (Wildman–Crippen LogP) is 4.97. The van der Waals surface area contributed by atoms with E-state index < -0.39 is 35.9 Å². The first-order valence-corrected chi connectivity index (χ1v) is 15.1. The van der Waals surface area contributed by atoms with E-state index in [9.17, 15) is 9.59 Å². The molecule has 2 amide bonds. The van der Waals surface area contributed by atoms with Crippen LogP contribution in [0.2, 0.25) is 0 Å². The van der Waals surface area contributed by atoms with Crippen LogP contribution in [0.4, 0.5) is 16.3 Å². The van der Waals surface area contributed by atoms with Crippen molar-refractivity contribution in [1.29, 1.82) is 0 Å². The highest BCUT2D eigenvalue weighted by atomic mass is 16.7.